The lowest BCUT2D eigenvalue weighted by molar-refractivity contribution is 0.170. The number of rotatable bonds is 3. The van der Waals surface area contributed by atoms with Crippen molar-refractivity contribution in [3.63, 3.8) is 0 Å². The third kappa shape index (κ3) is 3.17. The number of benzene rings is 1. The Morgan fingerprint density at radius 2 is 1.90 bits per heavy atom. The van der Waals surface area contributed by atoms with Gasteiger partial charge < -0.3 is 4.74 Å². The Balaban J connectivity index is 2.48. The van der Waals surface area contributed by atoms with E-state index in [2.05, 4.69) is 5.73 Å². The zero-order chi connectivity index (χ0) is 15.6. The number of nitrogens with zero attached hydrogens (tertiary/aromatic N) is 1. The predicted molar refractivity (Wildman–Crippen MR) is 78.0 cm³/mol. The molecule has 0 aliphatic carbocycles. The average Bonchev–Trinajstić information content (AvgIpc) is 2.78. The second kappa shape index (κ2) is 5.76. The van der Waals surface area contributed by atoms with Crippen LogP contribution < -0.4 is 0 Å². The summed E-state index contributed by atoms with van der Waals surface area (Å²) in [7, 11) is -3.96. The topological polar surface area (TPSA) is 63.7 Å². The van der Waals surface area contributed by atoms with Gasteiger partial charge in [0.25, 0.3) is 10.0 Å². The van der Waals surface area contributed by atoms with E-state index in [0.29, 0.717) is 4.31 Å². The van der Waals surface area contributed by atoms with Crippen molar-refractivity contribution < 1.29 is 17.9 Å². The standard InChI is InChI=1S/C15H17NO4S/c1-11(2)4-7-13-10-20-15(17)16(13)21(18,19)14-8-5-12(3)6-9-14/h4-6,8-9,11H,10H2,1-3H3. The van der Waals surface area contributed by atoms with Crippen molar-refractivity contribution in [1.29, 1.82) is 0 Å². The Kier molecular flexibility index (Phi) is 4.21. The highest BCUT2D eigenvalue weighted by Gasteiger charge is 2.39. The molecule has 1 heterocycles. The molecule has 0 atom stereocenters. The van der Waals surface area contributed by atoms with Gasteiger partial charge in [-0.2, -0.15) is 4.31 Å². The van der Waals surface area contributed by atoms with E-state index in [1.807, 2.05) is 20.8 Å². The molecule has 1 fully saturated rings. The molecule has 0 N–H and O–H groups in total. The third-order valence-electron chi connectivity index (χ3n) is 2.89. The number of cyclic esters (lactones) is 1. The molecular weight excluding hydrogens is 290 g/mol. The second-order valence-electron chi connectivity index (χ2n) is 5.14. The molecule has 2 rings (SSSR count). The molecule has 6 heteroatoms. The molecular formula is C15H17NO4S. The highest BCUT2D eigenvalue weighted by Crippen LogP contribution is 2.25. The second-order valence-corrected chi connectivity index (χ2v) is 6.93. The van der Waals surface area contributed by atoms with E-state index < -0.39 is 16.1 Å². The highest BCUT2D eigenvalue weighted by atomic mass is 32.2. The zero-order valence-corrected chi connectivity index (χ0v) is 13.0. The van der Waals surface area contributed by atoms with Crippen LogP contribution in [0, 0.1) is 12.8 Å². The summed E-state index contributed by atoms with van der Waals surface area (Å²) in [6.45, 7) is 5.64. The summed E-state index contributed by atoms with van der Waals surface area (Å²) in [4.78, 5) is 11.8. The van der Waals surface area contributed by atoms with Gasteiger partial charge in [-0.1, -0.05) is 37.3 Å². The Morgan fingerprint density at radius 1 is 1.29 bits per heavy atom. The van der Waals surface area contributed by atoms with Crippen LogP contribution in [0.2, 0.25) is 0 Å². The fourth-order valence-electron chi connectivity index (χ4n) is 1.78. The summed E-state index contributed by atoms with van der Waals surface area (Å²) in [5.41, 5.74) is 3.98. The number of ether oxygens (including phenoxy) is 1. The molecule has 1 amide bonds. The molecule has 0 aromatic heterocycles. The summed E-state index contributed by atoms with van der Waals surface area (Å²) in [5, 5.41) is 0. The van der Waals surface area contributed by atoms with E-state index in [1.165, 1.54) is 12.1 Å². The van der Waals surface area contributed by atoms with Crippen LogP contribution in [0.25, 0.3) is 0 Å². The lowest BCUT2D eigenvalue weighted by atomic mass is 10.2. The van der Waals surface area contributed by atoms with Gasteiger partial charge in [0, 0.05) is 0 Å². The Hall–Kier alpha value is -2.04. The van der Waals surface area contributed by atoms with E-state index in [0.717, 1.165) is 5.56 Å². The van der Waals surface area contributed by atoms with Crippen molar-refractivity contribution in [2.24, 2.45) is 5.92 Å². The van der Waals surface area contributed by atoms with Gasteiger partial charge in [0.05, 0.1) is 4.90 Å². The first kappa shape index (κ1) is 15.4. The maximum Gasteiger partial charge on any atom is 0.429 e. The lowest BCUT2D eigenvalue weighted by Crippen LogP contribution is -2.30. The number of carbonyl (C=O) groups is 1. The maximum atomic E-state index is 12.6. The van der Waals surface area contributed by atoms with E-state index in [1.54, 1.807) is 18.2 Å². The maximum absolute atomic E-state index is 12.6. The van der Waals surface area contributed by atoms with Crippen molar-refractivity contribution in [3.8, 4) is 0 Å². The van der Waals surface area contributed by atoms with Crippen molar-refractivity contribution in [2.45, 2.75) is 25.7 Å². The van der Waals surface area contributed by atoms with Crippen LogP contribution in [0.15, 0.2) is 46.7 Å². The van der Waals surface area contributed by atoms with Gasteiger partial charge in [-0.05, 0) is 31.1 Å². The van der Waals surface area contributed by atoms with Gasteiger partial charge in [-0.3, -0.25) is 0 Å². The number of hydrogen-bond donors (Lipinski definition) is 0. The van der Waals surface area contributed by atoms with E-state index in [4.69, 9.17) is 4.74 Å². The lowest BCUT2D eigenvalue weighted by Gasteiger charge is -2.14. The summed E-state index contributed by atoms with van der Waals surface area (Å²) < 4.78 is 30.6. The van der Waals surface area contributed by atoms with Crippen LogP contribution in [0.5, 0.6) is 0 Å². The van der Waals surface area contributed by atoms with Gasteiger partial charge in [-0.15, -0.1) is 0 Å². The van der Waals surface area contributed by atoms with E-state index in [-0.39, 0.29) is 23.1 Å². The largest absolute Gasteiger partial charge is 0.441 e. The molecule has 5 nitrogen and oxygen atoms in total. The molecule has 0 bridgehead atoms. The van der Waals surface area contributed by atoms with Crippen LogP contribution >= 0.6 is 0 Å². The highest BCUT2D eigenvalue weighted by molar-refractivity contribution is 7.89. The zero-order valence-electron chi connectivity index (χ0n) is 12.2. The van der Waals surface area contributed by atoms with Gasteiger partial charge >= 0.3 is 6.09 Å². The summed E-state index contributed by atoms with van der Waals surface area (Å²) in [6.07, 6.45) is 0.810. The number of sulfonamides is 1. The molecule has 1 aliphatic heterocycles. The van der Waals surface area contributed by atoms with Crippen molar-refractivity contribution in [3.05, 3.63) is 47.3 Å². The molecule has 1 aromatic carbocycles. The van der Waals surface area contributed by atoms with Gasteiger partial charge in [-0.25, -0.2) is 13.2 Å². The number of hydrogen-bond acceptors (Lipinski definition) is 4. The van der Waals surface area contributed by atoms with Crippen LogP contribution in [-0.2, 0) is 14.8 Å². The Morgan fingerprint density at radius 3 is 2.48 bits per heavy atom. The van der Waals surface area contributed by atoms with Gasteiger partial charge in [0.2, 0.25) is 0 Å². The van der Waals surface area contributed by atoms with Crippen LogP contribution in [-0.4, -0.2) is 25.4 Å². The SMILES string of the molecule is Cc1ccc(S(=O)(=O)N2C(=O)OCC2=C=CC(C)C)cc1. The molecule has 1 aromatic rings. The minimum absolute atomic E-state index is 0.0517. The summed E-state index contributed by atoms with van der Waals surface area (Å²) in [6, 6.07) is 6.31. The minimum atomic E-state index is -3.96. The van der Waals surface area contributed by atoms with Gasteiger partial charge in [0.15, 0.2) is 0 Å². The number of amides is 1. The predicted octanol–water partition coefficient (Wildman–Crippen LogP) is 2.83. The van der Waals surface area contributed by atoms with Crippen LogP contribution in [0.3, 0.4) is 0 Å². The molecule has 0 saturated carbocycles. The minimum Gasteiger partial charge on any atom is -0.441 e. The Labute approximate surface area is 124 Å². The third-order valence-corrected chi connectivity index (χ3v) is 4.60. The summed E-state index contributed by atoms with van der Waals surface area (Å²) in [5.74, 6) is 0.192. The van der Waals surface area contributed by atoms with Crippen molar-refractivity contribution in [2.75, 3.05) is 6.61 Å². The normalized spacial score (nSPS) is 15.1. The molecule has 1 saturated heterocycles. The number of aryl methyl sites for hydroxylation is 1. The molecule has 0 radical (unpaired) electrons. The first-order valence-corrected chi connectivity index (χ1v) is 8.01. The van der Waals surface area contributed by atoms with Crippen molar-refractivity contribution >= 4 is 16.1 Å². The van der Waals surface area contributed by atoms with Gasteiger partial charge in [0.1, 0.15) is 12.3 Å². The quantitative estimate of drug-likeness (QED) is 0.806. The number of carbonyl (C=O) groups excluding carboxylic acids is 1. The van der Waals surface area contributed by atoms with E-state index in [9.17, 15) is 13.2 Å². The first-order valence-electron chi connectivity index (χ1n) is 6.57. The smallest absolute Gasteiger partial charge is 0.429 e. The average molecular weight is 307 g/mol. The summed E-state index contributed by atoms with van der Waals surface area (Å²) >= 11 is 0. The Bertz CT molecular complexity index is 711. The molecule has 0 spiro atoms. The molecule has 0 unspecified atom stereocenters. The van der Waals surface area contributed by atoms with Crippen LogP contribution in [0.4, 0.5) is 4.79 Å². The molecule has 1 aliphatic rings. The molecule has 112 valence electrons. The monoisotopic (exact) mass is 307 g/mol. The first-order chi connectivity index (χ1) is 9.82. The van der Waals surface area contributed by atoms with Crippen molar-refractivity contribution in [1.82, 2.24) is 4.31 Å². The fraction of sp³-hybridized carbons (Fsp3) is 0.333. The molecule has 21 heavy (non-hydrogen) atoms. The van der Waals surface area contributed by atoms with Crippen LogP contribution in [0.1, 0.15) is 19.4 Å². The van der Waals surface area contributed by atoms with E-state index >= 15 is 0 Å². The fourth-order valence-corrected chi connectivity index (χ4v) is 3.11.